The minimum atomic E-state index is 0.635. The summed E-state index contributed by atoms with van der Waals surface area (Å²) < 4.78 is 6.89. The van der Waals surface area contributed by atoms with E-state index >= 15 is 0 Å². The van der Waals surface area contributed by atoms with Gasteiger partial charge in [-0.05, 0) is 52.5 Å². The lowest BCUT2D eigenvalue weighted by Crippen LogP contribution is -2.15. The van der Waals surface area contributed by atoms with Gasteiger partial charge in [-0.2, -0.15) is 0 Å². The van der Waals surface area contributed by atoms with Gasteiger partial charge < -0.3 is 10.1 Å². The Kier molecular flexibility index (Phi) is 4.21. The van der Waals surface area contributed by atoms with Gasteiger partial charge in [-0.15, -0.1) is 11.3 Å². The van der Waals surface area contributed by atoms with Crippen molar-refractivity contribution >= 4 is 27.3 Å². The third kappa shape index (κ3) is 4.06. The van der Waals surface area contributed by atoms with Gasteiger partial charge in [-0.1, -0.05) is 12.1 Å². The maximum absolute atomic E-state index is 5.77. The molecule has 0 amide bonds. The first-order valence-electron chi connectivity index (χ1n) is 6.47. The number of hydrogen-bond donors (Lipinski definition) is 1. The molecule has 1 aromatic carbocycles. The second-order valence-electron chi connectivity index (χ2n) is 4.82. The molecule has 0 aliphatic heterocycles. The van der Waals surface area contributed by atoms with E-state index < -0.39 is 0 Å². The van der Waals surface area contributed by atoms with Crippen LogP contribution in [0.4, 0.5) is 0 Å². The Labute approximate surface area is 125 Å². The molecule has 1 aromatic heterocycles. The highest BCUT2D eigenvalue weighted by Gasteiger charge is 2.19. The molecule has 100 valence electrons. The molecular formula is C15H16BrNOS. The van der Waals surface area contributed by atoms with Crippen LogP contribution in [0.15, 0.2) is 40.2 Å². The summed E-state index contributed by atoms with van der Waals surface area (Å²) in [5, 5.41) is 5.58. The molecule has 0 bridgehead atoms. The molecule has 19 heavy (non-hydrogen) atoms. The Morgan fingerprint density at radius 2 is 2.05 bits per heavy atom. The van der Waals surface area contributed by atoms with Crippen molar-refractivity contribution in [3.63, 3.8) is 0 Å². The standard InChI is InChI=1S/C15H16BrNOS/c16-12-7-15(19-10-12)9-18-14-5-1-11(2-6-14)8-17-13-3-4-13/h1-2,5-7,10,13,17H,3-4,8-9H2. The summed E-state index contributed by atoms with van der Waals surface area (Å²) in [7, 11) is 0. The van der Waals surface area contributed by atoms with Crippen LogP contribution >= 0.6 is 27.3 Å². The number of hydrogen-bond acceptors (Lipinski definition) is 3. The number of halogens is 1. The Hall–Kier alpha value is -0.840. The Bertz CT molecular complexity index is 533. The normalized spacial score (nSPS) is 14.6. The van der Waals surface area contributed by atoms with Crippen LogP contribution in [0, 0.1) is 0 Å². The van der Waals surface area contributed by atoms with Gasteiger partial charge in [0.25, 0.3) is 0 Å². The topological polar surface area (TPSA) is 21.3 Å². The minimum absolute atomic E-state index is 0.635. The monoisotopic (exact) mass is 337 g/mol. The van der Waals surface area contributed by atoms with Crippen LogP contribution in [0.25, 0.3) is 0 Å². The van der Waals surface area contributed by atoms with E-state index in [1.807, 2.05) is 12.1 Å². The molecule has 0 unspecified atom stereocenters. The molecular weight excluding hydrogens is 322 g/mol. The lowest BCUT2D eigenvalue weighted by atomic mass is 10.2. The zero-order chi connectivity index (χ0) is 13.1. The van der Waals surface area contributed by atoms with Crippen molar-refractivity contribution in [2.45, 2.75) is 32.0 Å². The molecule has 1 heterocycles. The number of rotatable bonds is 6. The lowest BCUT2D eigenvalue weighted by molar-refractivity contribution is 0.309. The van der Waals surface area contributed by atoms with Crippen LogP contribution in [0.5, 0.6) is 5.75 Å². The third-order valence-corrected chi connectivity index (χ3v) is 4.77. The van der Waals surface area contributed by atoms with Crippen molar-refractivity contribution < 1.29 is 4.74 Å². The van der Waals surface area contributed by atoms with Crippen LogP contribution in [-0.2, 0) is 13.2 Å². The average molecular weight is 338 g/mol. The van der Waals surface area contributed by atoms with Gasteiger partial charge in [0.15, 0.2) is 0 Å². The third-order valence-electron chi connectivity index (χ3n) is 3.10. The predicted octanol–water partition coefficient (Wildman–Crippen LogP) is 4.34. The van der Waals surface area contributed by atoms with Gasteiger partial charge in [0, 0.05) is 27.3 Å². The highest BCUT2D eigenvalue weighted by Crippen LogP contribution is 2.22. The van der Waals surface area contributed by atoms with Gasteiger partial charge in [0.05, 0.1) is 0 Å². The first kappa shape index (κ1) is 13.2. The maximum atomic E-state index is 5.77. The summed E-state index contributed by atoms with van der Waals surface area (Å²) in [6.45, 7) is 1.60. The molecule has 0 saturated heterocycles. The molecule has 0 spiro atoms. The highest BCUT2D eigenvalue weighted by atomic mass is 79.9. The Balaban J connectivity index is 1.50. The summed E-state index contributed by atoms with van der Waals surface area (Å²) in [4.78, 5) is 1.23. The van der Waals surface area contributed by atoms with Crippen molar-refractivity contribution in [1.82, 2.24) is 5.32 Å². The molecule has 3 rings (SSSR count). The van der Waals surface area contributed by atoms with Gasteiger partial charge in [-0.25, -0.2) is 0 Å². The molecule has 2 nitrogen and oxygen atoms in total. The first-order chi connectivity index (χ1) is 9.29. The van der Waals surface area contributed by atoms with Crippen molar-refractivity contribution in [2.24, 2.45) is 0 Å². The van der Waals surface area contributed by atoms with Crippen molar-refractivity contribution in [3.8, 4) is 5.75 Å². The van der Waals surface area contributed by atoms with Crippen molar-refractivity contribution in [3.05, 3.63) is 50.6 Å². The number of nitrogens with one attached hydrogen (secondary N) is 1. The average Bonchev–Trinajstić information content (AvgIpc) is 3.17. The van der Waals surface area contributed by atoms with Gasteiger partial charge in [-0.3, -0.25) is 0 Å². The summed E-state index contributed by atoms with van der Waals surface area (Å²) in [6, 6.07) is 11.2. The number of thiophene rings is 1. The Morgan fingerprint density at radius 1 is 1.26 bits per heavy atom. The van der Waals surface area contributed by atoms with E-state index in [9.17, 15) is 0 Å². The van der Waals surface area contributed by atoms with E-state index in [2.05, 4.69) is 44.8 Å². The van der Waals surface area contributed by atoms with E-state index in [0.29, 0.717) is 6.61 Å². The van der Waals surface area contributed by atoms with E-state index in [1.54, 1.807) is 11.3 Å². The van der Waals surface area contributed by atoms with Crippen LogP contribution < -0.4 is 10.1 Å². The summed E-state index contributed by atoms with van der Waals surface area (Å²) in [5.74, 6) is 0.930. The fourth-order valence-electron chi connectivity index (χ4n) is 1.84. The molecule has 1 saturated carbocycles. The van der Waals surface area contributed by atoms with Crippen molar-refractivity contribution in [2.75, 3.05) is 0 Å². The molecule has 1 N–H and O–H groups in total. The number of benzene rings is 1. The molecule has 1 aliphatic carbocycles. The molecule has 0 radical (unpaired) electrons. The molecule has 1 aliphatic rings. The number of ether oxygens (including phenoxy) is 1. The van der Waals surface area contributed by atoms with Crippen LogP contribution in [0.3, 0.4) is 0 Å². The fraction of sp³-hybridized carbons (Fsp3) is 0.333. The second kappa shape index (κ2) is 6.07. The van der Waals surface area contributed by atoms with E-state index in [0.717, 1.165) is 22.8 Å². The quantitative estimate of drug-likeness (QED) is 0.846. The summed E-state index contributed by atoms with van der Waals surface area (Å²) >= 11 is 5.16. The Morgan fingerprint density at radius 3 is 2.68 bits per heavy atom. The van der Waals surface area contributed by atoms with Crippen LogP contribution in [0.1, 0.15) is 23.3 Å². The van der Waals surface area contributed by atoms with E-state index in [1.165, 1.54) is 23.3 Å². The van der Waals surface area contributed by atoms with Gasteiger partial charge in [0.2, 0.25) is 0 Å². The zero-order valence-electron chi connectivity index (χ0n) is 10.6. The van der Waals surface area contributed by atoms with Crippen molar-refractivity contribution in [1.29, 1.82) is 0 Å². The summed E-state index contributed by atoms with van der Waals surface area (Å²) in [5.41, 5.74) is 1.32. The molecule has 4 heteroatoms. The predicted molar refractivity (Wildman–Crippen MR) is 82.7 cm³/mol. The smallest absolute Gasteiger partial charge is 0.122 e. The largest absolute Gasteiger partial charge is 0.488 e. The van der Waals surface area contributed by atoms with E-state index in [4.69, 9.17) is 4.74 Å². The zero-order valence-corrected chi connectivity index (χ0v) is 13.0. The van der Waals surface area contributed by atoms with Crippen LogP contribution in [0.2, 0.25) is 0 Å². The summed E-state index contributed by atoms with van der Waals surface area (Å²) in [6.07, 6.45) is 2.66. The van der Waals surface area contributed by atoms with Gasteiger partial charge >= 0.3 is 0 Å². The van der Waals surface area contributed by atoms with E-state index in [-0.39, 0.29) is 0 Å². The molecule has 1 fully saturated rings. The fourth-order valence-corrected chi connectivity index (χ4v) is 3.20. The molecule has 0 atom stereocenters. The SMILES string of the molecule is Brc1csc(COc2ccc(CNC3CC3)cc2)c1. The lowest BCUT2D eigenvalue weighted by Gasteiger charge is -2.07. The maximum Gasteiger partial charge on any atom is 0.122 e. The highest BCUT2D eigenvalue weighted by molar-refractivity contribution is 9.10. The van der Waals surface area contributed by atoms with Crippen LogP contribution in [-0.4, -0.2) is 6.04 Å². The van der Waals surface area contributed by atoms with Gasteiger partial charge in [0.1, 0.15) is 12.4 Å². The second-order valence-corrected chi connectivity index (χ2v) is 6.73. The molecule has 2 aromatic rings. The minimum Gasteiger partial charge on any atom is -0.488 e. The first-order valence-corrected chi connectivity index (χ1v) is 8.15.